The van der Waals surface area contributed by atoms with E-state index in [2.05, 4.69) is 23.4 Å². The van der Waals surface area contributed by atoms with Crippen LogP contribution in [0.1, 0.15) is 57.2 Å². The second-order valence-corrected chi connectivity index (χ2v) is 4.50. The number of rotatable bonds is 2. The molecule has 1 fully saturated rings. The van der Waals surface area contributed by atoms with E-state index in [1.807, 2.05) is 6.33 Å². The molecule has 1 aromatic heterocycles. The van der Waals surface area contributed by atoms with Crippen LogP contribution in [0.25, 0.3) is 0 Å². The van der Waals surface area contributed by atoms with Crippen LogP contribution in [0.4, 0.5) is 5.82 Å². The van der Waals surface area contributed by atoms with Crippen molar-refractivity contribution in [1.82, 2.24) is 9.55 Å². The van der Waals surface area contributed by atoms with Crippen LogP contribution in [0.15, 0.2) is 6.33 Å². The first-order valence-electron chi connectivity index (χ1n) is 5.52. The summed E-state index contributed by atoms with van der Waals surface area (Å²) >= 11 is 0. The summed E-state index contributed by atoms with van der Waals surface area (Å²) in [6.07, 6.45) is 7.07. The highest BCUT2D eigenvalue weighted by Gasteiger charge is 2.22. The Kier molecular flexibility index (Phi) is 2.48. The molecule has 0 aromatic carbocycles. The van der Waals surface area contributed by atoms with Crippen LogP contribution in [0.3, 0.4) is 0 Å². The summed E-state index contributed by atoms with van der Waals surface area (Å²) in [6, 6.07) is 0.414. The van der Waals surface area contributed by atoms with Gasteiger partial charge in [0.25, 0.3) is 0 Å². The van der Waals surface area contributed by atoms with Gasteiger partial charge in [0.05, 0.1) is 12.0 Å². The number of nitrogens with zero attached hydrogens (tertiary/aromatic N) is 2. The fourth-order valence-electron chi connectivity index (χ4n) is 2.31. The Morgan fingerprint density at radius 3 is 2.57 bits per heavy atom. The van der Waals surface area contributed by atoms with Gasteiger partial charge >= 0.3 is 0 Å². The van der Waals surface area contributed by atoms with E-state index >= 15 is 0 Å². The summed E-state index contributed by atoms with van der Waals surface area (Å²) in [5.41, 5.74) is 7.22. The van der Waals surface area contributed by atoms with Crippen LogP contribution < -0.4 is 5.73 Å². The molecule has 3 heteroatoms. The van der Waals surface area contributed by atoms with Crippen LogP contribution >= 0.6 is 0 Å². The SMILES string of the molecule is CC(C)n1cnc(C2CCCC2)c1N. The van der Waals surface area contributed by atoms with Crippen molar-refractivity contribution in [3.05, 3.63) is 12.0 Å². The highest BCUT2D eigenvalue weighted by molar-refractivity contribution is 5.39. The topological polar surface area (TPSA) is 43.8 Å². The van der Waals surface area contributed by atoms with Crippen LogP contribution in [-0.4, -0.2) is 9.55 Å². The van der Waals surface area contributed by atoms with Gasteiger partial charge in [0.1, 0.15) is 5.82 Å². The normalized spacial score (nSPS) is 18.2. The molecule has 1 saturated carbocycles. The first kappa shape index (κ1) is 9.56. The third kappa shape index (κ3) is 1.51. The van der Waals surface area contributed by atoms with Crippen molar-refractivity contribution in [1.29, 1.82) is 0 Å². The molecule has 1 heterocycles. The average Bonchev–Trinajstić information content (AvgIpc) is 2.71. The molecule has 0 saturated heterocycles. The monoisotopic (exact) mass is 193 g/mol. The second-order valence-electron chi connectivity index (χ2n) is 4.50. The van der Waals surface area contributed by atoms with E-state index in [1.54, 1.807) is 0 Å². The number of anilines is 1. The zero-order chi connectivity index (χ0) is 10.1. The van der Waals surface area contributed by atoms with Crippen molar-refractivity contribution in [2.24, 2.45) is 0 Å². The molecule has 0 atom stereocenters. The first-order chi connectivity index (χ1) is 6.70. The number of nitrogen functional groups attached to an aromatic ring is 1. The van der Waals surface area contributed by atoms with Gasteiger partial charge in [-0.25, -0.2) is 4.98 Å². The number of aromatic nitrogens is 2. The maximum Gasteiger partial charge on any atom is 0.127 e. The fraction of sp³-hybridized carbons (Fsp3) is 0.727. The fourth-order valence-corrected chi connectivity index (χ4v) is 2.31. The number of hydrogen-bond acceptors (Lipinski definition) is 2. The molecule has 0 unspecified atom stereocenters. The molecule has 1 aromatic rings. The summed E-state index contributed by atoms with van der Waals surface area (Å²) < 4.78 is 2.06. The van der Waals surface area contributed by atoms with E-state index in [0.717, 1.165) is 11.5 Å². The average molecular weight is 193 g/mol. The summed E-state index contributed by atoms with van der Waals surface area (Å²) in [4.78, 5) is 4.46. The molecular weight excluding hydrogens is 174 g/mol. The predicted molar refractivity (Wildman–Crippen MR) is 58.2 cm³/mol. The van der Waals surface area contributed by atoms with Crippen molar-refractivity contribution in [3.63, 3.8) is 0 Å². The Labute approximate surface area is 85.3 Å². The Morgan fingerprint density at radius 2 is 2.07 bits per heavy atom. The zero-order valence-electron chi connectivity index (χ0n) is 9.03. The molecule has 1 aliphatic carbocycles. The maximum absolute atomic E-state index is 6.08. The van der Waals surface area contributed by atoms with Crippen LogP contribution in [0.5, 0.6) is 0 Å². The zero-order valence-corrected chi connectivity index (χ0v) is 9.03. The lowest BCUT2D eigenvalue weighted by Gasteiger charge is -2.11. The Morgan fingerprint density at radius 1 is 1.43 bits per heavy atom. The van der Waals surface area contributed by atoms with Gasteiger partial charge in [-0.3, -0.25) is 0 Å². The van der Waals surface area contributed by atoms with Gasteiger partial charge in [-0.1, -0.05) is 12.8 Å². The molecule has 0 radical (unpaired) electrons. The van der Waals surface area contributed by atoms with Crippen molar-refractivity contribution in [2.45, 2.75) is 51.5 Å². The van der Waals surface area contributed by atoms with Gasteiger partial charge in [-0.15, -0.1) is 0 Å². The summed E-state index contributed by atoms with van der Waals surface area (Å²) in [6.45, 7) is 4.27. The molecule has 0 aliphatic heterocycles. The largest absolute Gasteiger partial charge is 0.384 e. The van der Waals surface area contributed by atoms with E-state index < -0.39 is 0 Å². The smallest absolute Gasteiger partial charge is 0.127 e. The molecule has 14 heavy (non-hydrogen) atoms. The van der Waals surface area contributed by atoms with Crippen LogP contribution in [-0.2, 0) is 0 Å². The van der Waals surface area contributed by atoms with Gasteiger partial charge < -0.3 is 10.3 Å². The third-order valence-electron chi connectivity index (χ3n) is 3.16. The molecule has 0 bridgehead atoms. The molecule has 2 N–H and O–H groups in total. The first-order valence-corrected chi connectivity index (χ1v) is 5.52. The molecule has 3 nitrogen and oxygen atoms in total. The minimum Gasteiger partial charge on any atom is -0.384 e. The Bertz CT molecular complexity index is 308. The highest BCUT2D eigenvalue weighted by Crippen LogP contribution is 2.36. The van der Waals surface area contributed by atoms with Gasteiger partial charge in [-0.05, 0) is 26.7 Å². The third-order valence-corrected chi connectivity index (χ3v) is 3.16. The molecule has 1 aliphatic rings. The Hall–Kier alpha value is -0.990. The van der Waals surface area contributed by atoms with Crippen molar-refractivity contribution in [2.75, 3.05) is 5.73 Å². The minimum absolute atomic E-state index is 0.414. The molecule has 78 valence electrons. The molecular formula is C11H19N3. The lowest BCUT2D eigenvalue weighted by molar-refractivity contribution is 0.606. The summed E-state index contributed by atoms with van der Waals surface area (Å²) in [7, 11) is 0. The van der Waals surface area contributed by atoms with E-state index in [-0.39, 0.29) is 0 Å². The Balaban J connectivity index is 2.26. The van der Waals surface area contributed by atoms with Gasteiger partial charge in [0.15, 0.2) is 0 Å². The quantitative estimate of drug-likeness (QED) is 0.784. The van der Waals surface area contributed by atoms with Gasteiger partial charge in [0, 0.05) is 12.0 Å². The van der Waals surface area contributed by atoms with E-state index in [0.29, 0.717) is 12.0 Å². The number of hydrogen-bond donors (Lipinski definition) is 1. The lowest BCUT2D eigenvalue weighted by atomic mass is 10.0. The van der Waals surface area contributed by atoms with E-state index in [1.165, 1.54) is 25.7 Å². The summed E-state index contributed by atoms with van der Waals surface area (Å²) in [5.74, 6) is 1.50. The minimum atomic E-state index is 0.414. The highest BCUT2D eigenvalue weighted by atomic mass is 15.1. The predicted octanol–water partition coefficient (Wildman–Crippen LogP) is 2.70. The molecule has 2 rings (SSSR count). The van der Waals surface area contributed by atoms with Crippen molar-refractivity contribution < 1.29 is 0 Å². The molecule has 0 amide bonds. The van der Waals surface area contributed by atoms with E-state index in [9.17, 15) is 0 Å². The van der Waals surface area contributed by atoms with E-state index in [4.69, 9.17) is 5.73 Å². The van der Waals surface area contributed by atoms with Crippen molar-refractivity contribution >= 4 is 5.82 Å². The van der Waals surface area contributed by atoms with Gasteiger partial charge in [0.2, 0.25) is 0 Å². The van der Waals surface area contributed by atoms with Crippen LogP contribution in [0.2, 0.25) is 0 Å². The molecule has 0 spiro atoms. The second kappa shape index (κ2) is 3.64. The standard InChI is InChI=1S/C11H19N3/c1-8(2)14-7-13-10(11(14)12)9-5-3-4-6-9/h7-9H,3-6,12H2,1-2H3. The van der Waals surface area contributed by atoms with Crippen LogP contribution in [0, 0.1) is 0 Å². The number of nitrogens with two attached hydrogens (primary N) is 1. The van der Waals surface area contributed by atoms with Crippen molar-refractivity contribution in [3.8, 4) is 0 Å². The number of imidazole rings is 1. The maximum atomic E-state index is 6.08. The lowest BCUT2D eigenvalue weighted by Crippen LogP contribution is -2.06. The van der Waals surface area contributed by atoms with Gasteiger partial charge in [-0.2, -0.15) is 0 Å². The summed E-state index contributed by atoms with van der Waals surface area (Å²) in [5, 5.41) is 0.